The smallest absolute Gasteiger partial charge is 0.0475 e. The molecule has 0 aromatic heterocycles. The lowest BCUT2D eigenvalue weighted by atomic mass is 9.86. The van der Waals surface area contributed by atoms with Crippen molar-refractivity contribution in [2.24, 2.45) is 10.5 Å². The quantitative estimate of drug-likeness (QED) is 0.691. The topological polar surface area (TPSA) is 18.8 Å². The first-order valence-electron chi connectivity index (χ1n) is 5.49. The second kappa shape index (κ2) is 6.02. The molecule has 1 rings (SSSR count). The Morgan fingerprint density at radius 3 is 2.29 bits per heavy atom. The summed E-state index contributed by atoms with van der Waals surface area (Å²) in [5.74, 6) is 0. The first-order chi connectivity index (χ1) is 6.58. The van der Waals surface area contributed by atoms with Crippen molar-refractivity contribution in [3.63, 3.8) is 0 Å². The zero-order valence-corrected chi connectivity index (χ0v) is 10.5. The molecule has 0 N–H and O–H groups in total. The predicted molar refractivity (Wildman–Crippen MR) is 63.7 cm³/mol. The third-order valence-corrected chi connectivity index (χ3v) is 2.41. The largest absolute Gasteiger partial charge is 0.308 e. The van der Waals surface area contributed by atoms with Crippen molar-refractivity contribution >= 4 is 6.21 Å². The standard InChI is InChI=1S/C9H19N3.C2H6/c1-5-9(7-11(2)3)6-10-12(4)8-9;1-2/h6H,5,7-8H2,1-4H3;1-2H3. The summed E-state index contributed by atoms with van der Waals surface area (Å²) in [6.07, 6.45) is 3.27. The molecule has 0 aromatic carbocycles. The average Bonchev–Trinajstić information content (AvgIpc) is 2.51. The monoisotopic (exact) mass is 199 g/mol. The summed E-state index contributed by atoms with van der Waals surface area (Å²) in [6.45, 7) is 8.38. The van der Waals surface area contributed by atoms with Crippen LogP contribution >= 0.6 is 0 Å². The van der Waals surface area contributed by atoms with E-state index in [9.17, 15) is 0 Å². The van der Waals surface area contributed by atoms with E-state index in [1.54, 1.807) is 0 Å². The molecule has 0 bridgehead atoms. The maximum absolute atomic E-state index is 4.30. The molecule has 0 saturated heterocycles. The van der Waals surface area contributed by atoms with Crippen molar-refractivity contribution in [3.05, 3.63) is 0 Å². The minimum Gasteiger partial charge on any atom is -0.308 e. The van der Waals surface area contributed by atoms with Gasteiger partial charge >= 0.3 is 0 Å². The number of hydrogen-bond acceptors (Lipinski definition) is 3. The Balaban J connectivity index is 0.000000791. The molecule has 3 heteroatoms. The summed E-state index contributed by atoms with van der Waals surface area (Å²) in [4.78, 5) is 2.23. The maximum Gasteiger partial charge on any atom is 0.0475 e. The van der Waals surface area contributed by atoms with Gasteiger partial charge in [0.1, 0.15) is 0 Å². The van der Waals surface area contributed by atoms with Crippen molar-refractivity contribution < 1.29 is 0 Å². The van der Waals surface area contributed by atoms with Gasteiger partial charge in [0.25, 0.3) is 0 Å². The van der Waals surface area contributed by atoms with Crippen LogP contribution in [0.15, 0.2) is 5.10 Å². The summed E-state index contributed by atoms with van der Waals surface area (Å²) in [7, 11) is 6.26. The maximum atomic E-state index is 4.30. The van der Waals surface area contributed by atoms with Gasteiger partial charge in [0.2, 0.25) is 0 Å². The summed E-state index contributed by atoms with van der Waals surface area (Å²) >= 11 is 0. The van der Waals surface area contributed by atoms with Gasteiger partial charge in [-0.05, 0) is 20.5 Å². The van der Waals surface area contributed by atoms with Crippen LogP contribution in [0, 0.1) is 5.41 Å². The molecule has 0 aromatic rings. The van der Waals surface area contributed by atoms with E-state index in [4.69, 9.17) is 0 Å². The number of hydrogen-bond donors (Lipinski definition) is 0. The SMILES string of the molecule is CC.CCC1(CN(C)C)C=NN(C)C1. The molecular weight excluding hydrogens is 174 g/mol. The molecule has 14 heavy (non-hydrogen) atoms. The van der Waals surface area contributed by atoms with Crippen LogP contribution in [0.25, 0.3) is 0 Å². The molecule has 0 spiro atoms. The van der Waals surface area contributed by atoms with Crippen LogP contribution < -0.4 is 0 Å². The van der Waals surface area contributed by atoms with Crippen molar-refractivity contribution in [3.8, 4) is 0 Å². The fourth-order valence-corrected chi connectivity index (χ4v) is 1.79. The molecule has 1 aliphatic rings. The lowest BCUT2D eigenvalue weighted by Gasteiger charge is -2.28. The molecule has 0 saturated carbocycles. The van der Waals surface area contributed by atoms with Crippen LogP contribution in [0.2, 0.25) is 0 Å². The fourth-order valence-electron chi connectivity index (χ4n) is 1.79. The molecule has 1 heterocycles. The van der Waals surface area contributed by atoms with Gasteiger partial charge in [0, 0.05) is 31.8 Å². The second-order valence-electron chi connectivity index (χ2n) is 4.01. The molecule has 0 fully saturated rings. The van der Waals surface area contributed by atoms with Gasteiger partial charge in [-0.2, -0.15) is 5.10 Å². The Morgan fingerprint density at radius 2 is 2.00 bits per heavy atom. The summed E-state index contributed by atoms with van der Waals surface area (Å²) < 4.78 is 0. The van der Waals surface area contributed by atoms with Crippen LogP contribution in [0.4, 0.5) is 0 Å². The number of hydrazone groups is 1. The minimum atomic E-state index is 0.290. The number of nitrogens with zero attached hydrogens (tertiary/aromatic N) is 3. The van der Waals surface area contributed by atoms with Crippen LogP contribution in [0.3, 0.4) is 0 Å². The zero-order chi connectivity index (χ0) is 11.2. The Kier molecular flexibility index (Phi) is 5.77. The van der Waals surface area contributed by atoms with E-state index in [1.165, 1.54) is 6.42 Å². The van der Waals surface area contributed by atoms with Gasteiger partial charge in [0.15, 0.2) is 0 Å². The van der Waals surface area contributed by atoms with Gasteiger partial charge in [-0.25, -0.2) is 0 Å². The van der Waals surface area contributed by atoms with Crippen LogP contribution in [-0.4, -0.2) is 50.4 Å². The van der Waals surface area contributed by atoms with Crippen molar-refractivity contribution in [2.45, 2.75) is 27.2 Å². The highest BCUT2D eigenvalue weighted by molar-refractivity contribution is 5.68. The molecule has 0 aliphatic carbocycles. The van der Waals surface area contributed by atoms with E-state index in [0.717, 1.165) is 13.1 Å². The lowest BCUT2D eigenvalue weighted by Crippen LogP contribution is -2.37. The van der Waals surface area contributed by atoms with Crippen molar-refractivity contribution in [2.75, 3.05) is 34.2 Å². The van der Waals surface area contributed by atoms with Gasteiger partial charge < -0.3 is 4.90 Å². The van der Waals surface area contributed by atoms with E-state index in [1.807, 2.05) is 25.9 Å². The molecule has 3 nitrogen and oxygen atoms in total. The van der Waals surface area contributed by atoms with E-state index >= 15 is 0 Å². The second-order valence-corrected chi connectivity index (χ2v) is 4.01. The summed E-state index contributed by atoms with van der Waals surface area (Å²) in [6, 6.07) is 0. The Hall–Kier alpha value is -0.570. The van der Waals surface area contributed by atoms with Crippen LogP contribution in [0.1, 0.15) is 27.2 Å². The molecule has 1 unspecified atom stereocenters. The normalized spacial score (nSPS) is 25.2. The minimum absolute atomic E-state index is 0.290. The Labute approximate surface area is 88.8 Å². The van der Waals surface area contributed by atoms with Gasteiger partial charge in [-0.1, -0.05) is 20.8 Å². The van der Waals surface area contributed by atoms with Gasteiger partial charge in [-0.3, -0.25) is 5.01 Å². The fraction of sp³-hybridized carbons (Fsp3) is 0.909. The summed E-state index contributed by atoms with van der Waals surface area (Å²) in [5, 5.41) is 6.32. The average molecular weight is 199 g/mol. The first kappa shape index (κ1) is 13.4. The van der Waals surface area contributed by atoms with E-state index < -0.39 is 0 Å². The zero-order valence-electron chi connectivity index (χ0n) is 10.5. The molecule has 1 aliphatic heterocycles. The van der Waals surface area contributed by atoms with Gasteiger partial charge in [-0.15, -0.1) is 0 Å². The predicted octanol–water partition coefficient (Wildman–Crippen LogP) is 1.90. The highest BCUT2D eigenvalue weighted by atomic mass is 15.5. The van der Waals surface area contributed by atoms with Crippen molar-refractivity contribution in [1.82, 2.24) is 9.91 Å². The highest BCUT2D eigenvalue weighted by Gasteiger charge is 2.32. The molecule has 84 valence electrons. The van der Waals surface area contributed by atoms with Crippen LogP contribution in [0.5, 0.6) is 0 Å². The lowest BCUT2D eigenvalue weighted by molar-refractivity contribution is 0.222. The Bertz CT molecular complexity index is 177. The highest BCUT2D eigenvalue weighted by Crippen LogP contribution is 2.25. The van der Waals surface area contributed by atoms with Crippen LogP contribution in [-0.2, 0) is 0 Å². The third kappa shape index (κ3) is 3.66. The summed E-state index contributed by atoms with van der Waals surface area (Å²) in [5.41, 5.74) is 0.290. The number of rotatable bonds is 3. The van der Waals surface area contributed by atoms with E-state index in [-0.39, 0.29) is 5.41 Å². The molecule has 1 atom stereocenters. The molecular formula is C11H25N3. The Morgan fingerprint density at radius 1 is 1.43 bits per heavy atom. The van der Waals surface area contributed by atoms with Crippen molar-refractivity contribution in [1.29, 1.82) is 0 Å². The molecule has 0 radical (unpaired) electrons. The third-order valence-electron chi connectivity index (χ3n) is 2.41. The van der Waals surface area contributed by atoms with Gasteiger partial charge in [0.05, 0.1) is 0 Å². The van der Waals surface area contributed by atoms with E-state index in [0.29, 0.717) is 0 Å². The first-order valence-corrected chi connectivity index (χ1v) is 5.49. The van der Waals surface area contributed by atoms with E-state index in [2.05, 4.69) is 37.2 Å². The molecule has 0 amide bonds.